The second-order valence-electron chi connectivity index (χ2n) is 8.77. The zero-order valence-corrected chi connectivity index (χ0v) is 17.7. The topological polar surface area (TPSA) is 82.6 Å². The molecule has 1 aromatic heterocycles. The van der Waals surface area contributed by atoms with E-state index in [1.807, 2.05) is 24.9 Å². The third kappa shape index (κ3) is 5.79. The number of piperidine rings is 1. The number of nitrogens with one attached hydrogen (secondary N) is 2. The summed E-state index contributed by atoms with van der Waals surface area (Å²) >= 11 is 0. The van der Waals surface area contributed by atoms with Crippen LogP contribution in [-0.4, -0.2) is 84.7 Å². The number of anilines is 2. The average Bonchev–Trinajstić information content (AvgIpc) is 3.53. The average molecular weight is 403 g/mol. The van der Waals surface area contributed by atoms with Crippen LogP contribution in [0.4, 0.5) is 11.8 Å². The van der Waals surface area contributed by atoms with Gasteiger partial charge >= 0.3 is 0 Å². The van der Waals surface area contributed by atoms with Crippen LogP contribution in [0.3, 0.4) is 0 Å². The molecule has 0 aromatic carbocycles. The molecule has 2 saturated heterocycles. The van der Waals surface area contributed by atoms with Crippen molar-refractivity contribution < 1.29 is 9.53 Å². The van der Waals surface area contributed by atoms with Gasteiger partial charge in [-0.05, 0) is 57.5 Å². The van der Waals surface area contributed by atoms with Crippen molar-refractivity contribution in [3.8, 4) is 0 Å². The van der Waals surface area contributed by atoms with Crippen molar-refractivity contribution in [3.63, 3.8) is 0 Å². The minimum atomic E-state index is -0.0372. The molecule has 2 aliphatic heterocycles. The molecular formula is C21H34N6O2. The van der Waals surface area contributed by atoms with Gasteiger partial charge in [-0.25, -0.2) is 4.98 Å². The number of hydrogen-bond acceptors (Lipinski definition) is 7. The van der Waals surface area contributed by atoms with Crippen LogP contribution < -0.4 is 10.6 Å². The molecule has 3 fully saturated rings. The molecule has 1 amide bonds. The molecule has 0 bridgehead atoms. The third-order valence-corrected chi connectivity index (χ3v) is 6.22. The fourth-order valence-electron chi connectivity index (χ4n) is 4.29. The van der Waals surface area contributed by atoms with Crippen LogP contribution >= 0.6 is 0 Å². The molecular weight excluding hydrogens is 368 g/mol. The molecule has 29 heavy (non-hydrogen) atoms. The summed E-state index contributed by atoms with van der Waals surface area (Å²) in [4.78, 5) is 25.8. The lowest BCUT2D eigenvalue weighted by molar-refractivity contribution is -0.149. The first-order valence-electron chi connectivity index (χ1n) is 11.0. The van der Waals surface area contributed by atoms with Gasteiger partial charge in [-0.2, -0.15) is 4.98 Å². The highest BCUT2D eigenvalue weighted by atomic mass is 16.5. The van der Waals surface area contributed by atoms with E-state index in [1.54, 1.807) is 0 Å². The molecule has 0 unspecified atom stereocenters. The van der Waals surface area contributed by atoms with Crippen molar-refractivity contribution in [3.05, 3.63) is 11.8 Å². The summed E-state index contributed by atoms with van der Waals surface area (Å²) in [5.74, 6) is 3.06. The zero-order chi connectivity index (χ0) is 20.2. The molecule has 0 spiro atoms. The Balaban J connectivity index is 1.24. The Kier molecular flexibility index (Phi) is 6.50. The molecule has 3 aliphatic rings. The highest BCUT2D eigenvalue weighted by Gasteiger charge is 2.31. The monoisotopic (exact) mass is 402 g/mol. The summed E-state index contributed by atoms with van der Waals surface area (Å²) in [5, 5.41) is 6.31. The number of ether oxygens (including phenoxy) is 1. The highest BCUT2D eigenvalue weighted by Crippen LogP contribution is 2.31. The Labute approximate surface area is 173 Å². The van der Waals surface area contributed by atoms with Crippen molar-refractivity contribution in [2.24, 2.45) is 11.8 Å². The van der Waals surface area contributed by atoms with E-state index >= 15 is 0 Å². The molecule has 1 atom stereocenters. The number of hydrogen-bond donors (Lipinski definition) is 2. The van der Waals surface area contributed by atoms with E-state index in [9.17, 15) is 4.79 Å². The molecule has 1 saturated carbocycles. The fraction of sp³-hybridized carbons (Fsp3) is 0.762. The van der Waals surface area contributed by atoms with Crippen molar-refractivity contribution in [1.82, 2.24) is 19.8 Å². The van der Waals surface area contributed by atoms with Crippen molar-refractivity contribution in [2.75, 3.05) is 63.6 Å². The van der Waals surface area contributed by atoms with Gasteiger partial charge in [-0.15, -0.1) is 0 Å². The first-order chi connectivity index (χ1) is 14.1. The maximum absolute atomic E-state index is 12.4. The smallest absolute Gasteiger partial charge is 0.248 e. The number of nitrogens with zero attached hydrogens (tertiary/aromatic N) is 4. The Bertz CT molecular complexity index is 702. The minimum Gasteiger partial charge on any atom is -0.373 e. The first-order valence-corrected chi connectivity index (χ1v) is 11.0. The van der Waals surface area contributed by atoms with Gasteiger partial charge in [0.15, 0.2) is 0 Å². The zero-order valence-electron chi connectivity index (χ0n) is 17.7. The van der Waals surface area contributed by atoms with Gasteiger partial charge in [-0.3, -0.25) is 4.79 Å². The maximum Gasteiger partial charge on any atom is 0.248 e. The molecule has 2 N–H and O–H groups in total. The SMILES string of the molecule is CNc1cc(C)nc(NC[C@H]2CN(CC3CCN(CC4CC4)CC3)C(=O)CO2)n1. The van der Waals surface area contributed by atoms with E-state index in [1.165, 1.54) is 45.3 Å². The summed E-state index contributed by atoms with van der Waals surface area (Å²) in [6.07, 6.45) is 5.20. The van der Waals surface area contributed by atoms with Crippen LogP contribution in [0, 0.1) is 18.8 Å². The van der Waals surface area contributed by atoms with Crippen molar-refractivity contribution in [2.45, 2.75) is 38.7 Å². The fourth-order valence-corrected chi connectivity index (χ4v) is 4.29. The van der Waals surface area contributed by atoms with E-state index in [0.29, 0.717) is 25.0 Å². The van der Waals surface area contributed by atoms with Crippen molar-refractivity contribution >= 4 is 17.7 Å². The highest BCUT2D eigenvalue weighted by molar-refractivity contribution is 5.78. The molecule has 1 aliphatic carbocycles. The summed E-state index contributed by atoms with van der Waals surface area (Å²) in [5.41, 5.74) is 0.904. The summed E-state index contributed by atoms with van der Waals surface area (Å²) in [7, 11) is 1.84. The van der Waals surface area contributed by atoms with Crippen LogP contribution in [0.15, 0.2) is 6.07 Å². The molecule has 160 valence electrons. The summed E-state index contributed by atoms with van der Waals surface area (Å²) in [6.45, 7) is 7.86. The Morgan fingerprint density at radius 3 is 2.62 bits per heavy atom. The van der Waals surface area contributed by atoms with Crippen LogP contribution in [0.5, 0.6) is 0 Å². The number of likely N-dealkylation sites (tertiary alicyclic amines) is 1. The normalized spacial score (nSPS) is 24.0. The largest absolute Gasteiger partial charge is 0.373 e. The standard InChI is InChI=1S/C21H34N6O2/c1-15-9-19(22-2)25-21(24-15)23-10-18-13-27(20(28)14-29-18)12-17-5-7-26(8-6-17)11-16-3-4-16/h9,16-18H,3-8,10-14H2,1-2H3,(H2,22,23,24,25)/t18-/m0/s1. The number of rotatable bonds is 8. The quantitative estimate of drug-likeness (QED) is 0.683. The van der Waals surface area contributed by atoms with Gasteiger partial charge in [0.2, 0.25) is 11.9 Å². The predicted octanol–water partition coefficient (Wildman–Crippen LogP) is 1.59. The van der Waals surface area contributed by atoms with E-state index in [4.69, 9.17) is 4.74 Å². The number of carbonyl (C=O) groups excluding carboxylic acids is 1. The van der Waals surface area contributed by atoms with Gasteiger partial charge in [-0.1, -0.05) is 0 Å². The maximum atomic E-state index is 12.4. The van der Waals surface area contributed by atoms with E-state index < -0.39 is 0 Å². The lowest BCUT2D eigenvalue weighted by atomic mass is 9.95. The van der Waals surface area contributed by atoms with Crippen LogP contribution in [0.2, 0.25) is 0 Å². The lowest BCUT2D eigenvalue weighted by Gasteiger charge is -2.38. The predicted molar refractivity (Wildman–Crippen MR) is 113 cm³/mol. The second-order valence-corrected chi connectivity index (χ2v) is 8.77. The van der Waals surface area contributed by atoms with E-state index in [0.717, 1.165) is 24.0 Å². The number of morpholine rings is 1. The summed E-state index contributed by atoms with van der Waals surface area (Å²) < 4.78 is 5.75. The third-order valence-electron chi connectivity index (χ3n) is 6.22. The van der Waals surface area contributed by atoms with Crippen LogP contribution in [0.25, 0.3) is 0 Å². The summed E-state index contributed by atoms with van der Waals surface area (Å²) in [6, 6.07) is 1.90. The molecule has 0 radical (unpaired) electrons. The van der Waals surface area contributed by atoms with Gasteiger partial charge in [0.1, 0.15) is 12.4 Å². The first kappa shape index (κ1) is 20.3. The molecule has 1 aromatic rings. The number of carbonyl (C=O) groups is 1. The second kappa shape index (κ2) is 9.26. The van der Waals surface area contributed by atoms with Gasteiger partial charge < -0.3 is 25.2 Å². The van der Waals surface area contributed by atoms with Gasteiger partial charge in [0, 0.05) is 45.0 Å². The Hall–Kier alpha value is -1.93. The van der Waals surface area contributed by atoms with Gasteiger partial charge in [0.05, 0.1) is 6.10 Å². The number of aryl methyl sites for hydroxylation is 1. The number of amides is 1. The number of aromatic nitrogens is 2. The van der Waals surface area contributed by atoms with Crippen molar-refractivity contribution in [1.29, 1.82) is 0 Å². The van der Waals surface area contributed by atoms with E-state index in [-0.39, 0.29) is 18.6 Å². The van der Waals surface area contributed by atoms with Crippen LogP contribution in [-0.2, 0) is 9.53 Å². The lowest BCUT2D eigenvalue weighted by Crippen LogP contribution is -2.51. The van der Waals surface area contributed by atoms with E-state index in [2.05, 4.69) is 25.5 Å². The van der Waals surface area contributed by atoms with Gasteiger partial charge in [0.25, 0.3) is 0 Å². The molecule has 4 rings (SSSR count). The molecule has 8 heteroatoms. The minimum absolute atomic E-state index is 0.0372. The molecule has 3 heterocycles. The Morgan fingerprint density at radius 2 is 1.90 bits per heavy atom. The van der Waals surface area contributed by atoms with Crippen LogP contribution in [0.1, 0.15) is 31.4 Å². The molecule has 8 nitrogen and oxygen atoms in total. The Morgan fingerprint density at radius 1 is 1.14 bits per heavy atom.